The Kier molecular flexibility index (Phi) is 3.60. The fraction of sp³-hybridized carbons (Fsp3) is 0.400. The molecule has 0 bridgehead atoms. The molecular weight excluding hydrogens is 268 g/mol. The summed E-state index contributed by atoms with van der Waals surface area (Å²) in [4.78, 5) is 26.1. The molecule has 1 fully saturated rings. The average Bonchev–Trinajstić information content (AvgIpc) is 3.13. The molecule has 3 rings (SSSR count). The molecule has 2 aromatic heterocycles. The van der Waals surface area contributed by atoms with E-state index in [1.54, 1.807) is 25.5 Å². The molecule has 2 aromatic rings. The number of carbonyl (C=O) groups excluding carboxylic acids is 1. The van der Waals surface area contributed by atoms with Crippen LogP contribution in [0.3, 0.4) is 0 Å². The van der Waals surface area contributed by atoms with Crippen LogP contribution in [0, 0.1) is 0 Å². The third-order valence-corrected chi connectivity index (χ3v) is 3.95. The van der Waals surface area contributed by atoms with E-state index in [2.05, 4.69) is 5.10 Å². The van der Waals surface area contributed by atoms with Crippen LogP contribution in [-0.4, -0.2) is 37.7 Å². The van der Waals surface area contributed by atoms with Crippen molar-refractivity contribution in [3.05, 3.63) is 52.7 Å². The molecule has 1 saturated heterocycles. The molecule has 110 valence electrons. The Morgan fingerprint density at radius 2 is 2.29 bits per heavy atom. The van der Waals surface area contributed by atoms with Crippen molar-refractivity contribution < 1.29 is 4.79 Å². The summed E-state index contributed by atoms with van der Waals surface area (Å²) in [6.07, 6.45) is 7.23. The summed E-state index contributed by atoms with van der Waals surface area (Å²) in [6.45, 7) is 1.43. The standard InChI is InChI=1S/C15H18N4O2/c1-17-9-5-12(10-14(17)20)15(21)19-8-2-4-13(19)11-18-7-3-6-16-18/h3,5-7,9-10,13H,2,4,8,11H2,1H3/t13-/m0/s1. The minimum atomic E-state index is -0.163. The lowest BCUT2D eigenvalue weighted by Gasteiger charge is -2.24. The van der Waals surface area contributed by atoms with Crippen molar-refractivity contribution in [3.8, 4) is 0 Å². The van der Waals surface area contributed by atoms with Gasteiger partial charge in [-0.2, -0.15) is 5.10 Å². The second kappa shape index (κ2) is 5.55. The number of hydrogen-bond donors (Lipinski definition) is 0. The van der Waals surface area contributed by atoms with Gasteiger partial charge in [0.05, 0.1) is 12.6 Å². The maximum atomic E-state index is 12.6. The number of likely N-dealkylation sites (tertiary alicyclic amines) is 1. The van der Waals surface area contributed by atoms with Crippen molar-refractivity contribution >= 4 is 5.91 Å². The van der Waals surface area contributed by atoms with E-state index in [9.17, 15) is 9.59 Å². The quantitative estimate of drug-likeness (QED) is 0.842. The van der Waals surface area contributed by atoms with E-state index in [-0.39, 0.29) is 17.5 Å². The van der Waals surface area contributed by atoms with Crippen LogP contribution >= 0.6 is 0 Å². The highest BCUT2D eigenvalue weighted by molar-refractivity contribution is 5.94. The summed E-state index contributed by atoms with van der Waals surface area (Å²) in [5.41, 5.74) is 0.300. The molecule has 0 aromatic carbocycles. The molecule has 0 unspecified atom stereocenters. The van der Waals surface area contributed by atoms with Gasteiger partial charge >= 0.3 is 0 Å². The van der Waals surface area contributed by atoms with E-state index >= 15 is 0 Å². The van der Waals surface area contributed by atoms with Gasteiger partial charge in [0.1, 0.15) is 0 Å². The minimum absolute atomic E-state index is 0.0673. The summed E-state index contributed by atoms with van der Waals surface area (Å²) < 4.78 is 3.31. The van der Waals surface area contributed by atoms with Gasteiger partial charge < -0.3 is 9.47 Å². The average molecular weight is 286 g/mol. The van der Waals surface area contributed by atoms with Gasteiger partial charge in [0.2, 0.25) is 0 Å². The highest BCUT2D eigenvalue weighted by atomic mass is 16.2. The van der Waals surface area contributed by atoms with E-state index in [0.717, 1.165) is 19.4 Å². The Morgan fingerprint density at radius 1 is 1.43 bits per heavy atom. The molecule has 0 N–H and O–H groups in total. The molecule has 1 atom stereocenters. The molecule has 21 heavy (non-hydrogen) atoms. The first-order chi connectivity index (χ1) is 10.1. The molecule has 1 amide bonds. The molecular formula is C15H18N4O2. The Labute approximate surface area is 122 Å². The van der Waals surface area contributed by atoms with Gasteiger partial charge in [-0.05, 0) is 25.0 Å². The lowest BCUT2D eigenvalue weighted by atomic mass is 10.2. The molecule has 6 nitrogen and oxygen atoms in total. The lowest BCUT2D eigenvalue weighted by Crippen LogP contribution is -2.38. The van der Waals surface area contributed by atoms with E-state index < -0.39 is 0 Å². The van der Waals surface area contributed by atoms with Crippen molar-refractivity contribution in [1.29, 1.82) is 0 Å². The summed E-state index contributed by atoms with van der Waals surface area (Å²) in [5.74, 6) is -0.0673. The molecule has 0 aliphatic carbocycles. The zero-order valence-electron chi connectivity index (χ0n) is 12.0. The Morgan fingerprint density at radius 3 is 3.00 bits per heavy atom. The first-order valence-electron chi connectivity index (χ1n) is 7.10. The van der Waals surface area contributed by atoms with Crippen LogP contribution < -0.4 is 5.56 Å². The molecule has 0 saturated carbocycles. The van der Waals surface area contributed by atoms with Gasteiger partial charge in [0.25, 0.3) is 11.5 Å². The first kappa shape index (κ1) is 13.6. The fourth-order valence-electron chi connectivity index (χ4n) is 2.76. The largest absolute Gasteiger partial charge is 0.334 e. The maximum Gasteiger partial charge on any atom is 0.254 e. The van der Waals surface area contributed by atoms with Crippen molar-refractivity contribution in [2.75, 3.05) is 6.54 Å². The van der Waals surface area contributed by atoms with Crippen LogP contribution in [0.4, 0.5) is 0 Å². The van der Waals surface area contributed by atoms with Gasteiger partial charge in [0, 0.05) is 43.8 Å². The number of aryl methyl sites for hydroxylation is 1. The van der Waals surface area contributed by atoms with Crippen LogP contribution in [0.25, 0.3) is 0 Å². The third-order valence-electron chi connectivity index (χ3n) is 3.95. The number of pyridine rings is 1. The Balaban J connectivity index is 1.79. The van der Waals surface area contributed by atoms with Crippen molar-refractivity contribution in [2.45, 2.75) is 25.4 Å². The first-order valence-corrected chi connectivity index (χ1v) is 7.10. The maximum absolute atomic E-state index is 12.6. The van der Waals surface area contributed by atoms with Crippen LogP contribution in [0.5, 0.6) is 0 Å². The minimum Gasteiger partial charge on any atom is -0.334 e. The predicted molar refractivity (Wildman–Crippen MR) is 78.0 cm³/mol. The number of rotatable bonds is 3. The van der Waals surface area contributed by atoms with Gasteiger partial charge in [-0.15, -0.1) is 0 Å². The predicted octanol–water partition coefficient (Wildman–Crippen LogP) is 0.887. The van der Waals surface area contributed by atoms with Gasteiger partial charge in [-0.3, -0.25) is 14.3 Å². The van der Waals surface area contributed by atoms with Crippen molar-refractivity contribution in [1.82, 2.24) is 19.2 Å². The van der Waals surface area contributed by atoms with Crippen LogP contribution in [0.15, 0.2) is 41.6 Å². The highest BCUT2D eigenvalue weighted by Crippen LogP contribution is 2.21. The molecule has 0 spiro atoms. The van der Waals surface area contributed by atoms with Gasteiger partial charge in [-0.25, -0.2) is 0 Å². The van der Waals surface area contributed by atoms with Crippen LogP contribution in [0.1, 0.15) is 23.2 Å². The normalized spacial score (nSPS) is 18.1. The number of carbonyl (C=O) groups is 1. The fourth-order valence-corrected chi connectivity index (χ4v) is 2.76. The lowest BCUT2D eigenvalue weighted by molar-refractivity contribution is 0.0721. The monoisotopic (exact) mass is 286 g/mol. The zero-order valence-corrected chi connectivity index (χ0v) is 12.0. The van der Waals surface area contributed by atoms with E-state index in [4.69, 9.17) is 0 Å². The van der Waals surface area contributed by atoms with Gasteiger partial charge in [-0.1, -0.05) is 0 Å². The number of nitrogens with zero attached hydrogens (tertiary/aromatic N) is 4. The topological polar surface area (TPSA) is 60.1 Å². The summed E-state index contributed by atoms with van der Waals surface area (Å²) in [6, 6.07) is 5.13. The molecule has 1 aliphatic rings. The third kappa shape index (κ3) is 2.74. The van der Waals surface area contributed by atoms with Crippen molar-refractivity contribution in [2.24, 2.45) is 7.05 Å². The molecule has 6 heteroatoms. The second-order valence-electron chi connectivity index (χ2n) is 5.39. The zero-order chi connectivity index (χ0) is 14.8. The number of aromatic nitrogens is 3. The van der Waals surface area contributed by atoms with Crippen LogP contribution in [0.2, 0.25) is 0 Å². The van der Waals surface area contributed by atoms with Crippen LogP contribution in [-0.2, 0) is 13.6 Å². The Bertz CT molecular complexity index is 690. The highest BCUT2D eigenvalue weighted by Gasteiger charge is 2.29. The van der Waals surface area contributed by atoms with Crippen molar-refractivity contribution in [3.63, 3.8) is 0 Å². The molecule has 3 heterocycles. The van der Waals surface area contributed by atoms with Gasteiger partial charge in [0.15, 0.2) is 0 Å². The summed E-state index contributed by atoms with van der Waals surface area (Å²) >= 11 is 0. The van der Waals surface area contributed by atoms with E-state index in [0.29, 0.717) is 12.1 Å². The SMILES string of the molecule is Cn1ccc(C(=O)N2CCC[C@H]2Cn2cccn2)cc1=O. The smallest absolute Gasteiger partial charge is 0.254 e. The van der Waals surface area contributed by atoms with E-state index in [1.165, 1.54) is 10.6 Å². The summed E-state index contributed by atoms with van der Waals surface area (Å²) in [7, 11) is 1.67. The number of amides is 1. The Hall–Kier alpha value is -2.37. The second-order valence-corrected chi connectivity index (χ2v) is 5.39. The summed E-state index contributed by atoms with van der Waals surface area (Å²) in [5, 5.41) is 4.20. The van der Waals surface area contributed by atoms with E-state index in [1.807, 2.05) is 21.8 Å². The number of hydrogen-bond acceptors (Lipinski definition) is 3. The molecule has 0 radical (unpaired) electrons. The molecule has 1 aliphatic heterocycles.